The smallest absolute Gasteiger partial charge is 0.306 e. The van der Waals surface area contributed by atoms with Crippen LogP contribution >= 0.6 is 0 Å². The molecule has 0 aromatic carbocycles. The number of rotatable bonds is 48. The van der Waals surface area contributed by atoms with Crippen molar-refractivity contribution in [3.05, 3.63) is 72.9 Å². The molecule has 1 unspecified atom stereocenters. The summed E-state index contributed by atoms with van der Waals surface area (Å²) in [6.07, 6.45) is 67.7. The normalized spacial score (nSPS) is 12.8. The Morgan fingerprint density at radius 2 is 0.726 bits per heavy atom. The molecule has 0 aromatic heterocycles. The van der Waals surface area contributed by atoms with Crippen molar-refractivity contribution in [1.82, 2.24) is 0 Å². The van der Waals surface area contributed by atoms with Gasteiger partial charge in [0.2, 0.25) is 0 Å². The van der Waals surface area contributed by atoms with Gasteiger partial charge in [0.15, 0.2) is 6.10 Å². The summed E-state index contributed by atoms with van der Waals surface area (Å²) in [5.41, 5.74) is 0. The van der Waals surface area contributed by atoms with Gasteiger partial charge >= 0.3 is 11.9 Å². The zero-order valence-electron chi connectivity index (χ0n) is 41.1. The topological polar surface area (TPSA) is 61.8 Å². The summed E-state index contributed by atoms with van der Waals surface area (Å²) >= 11 is 0. The minimum absolute atomic E-state index is 0.0659. The minimum Gasteiger partial charge on any atom is -0.462 e. The van der Waals surface area contributed by atoms with Gasteiger partial charge in [-0.15, -0.1) is 0 Å². The van der Waals surface area contributed by atoms with Crippen molar-refractivity contribution in [3.63, 3.8) is 0 Å². The second kappa shape index (κ2) is 52.7. The van der Waals surface area contributed by atoms with Crippen molar-refractivity contribution < 1.29 is 23.8 Å². The fourth-order valence-corrected chi connectivity index (χ4v) is 7.30. The number of carbonyl (C=O) groups excluding carboxylic acids is 2. The van der Waals surface area contributed by atoms with Crippen molar-refractivity contribution in [1.29, 1.82) is 0 Å². The Hall–Kier alpha value is -2.66. The van der Waals surface area contributed by atoms with Gasteiger partial charge in [0.25, 0.3) is 0 Å². The first-order valence-corrected chi connectivity index (χ1v) is 26.5. The molecule has 0 saturated carbocycles. The first-order chi connectivity index (χ1) is 30.6. The van der Waals surface area contributed by atoms with Gasteiger partial charge in [0.1, 0.15) is 6.61 Å². The molecule has 0 amide bonds. The molecule has 0 heterocycles. The number of unbranched alkanes of at least 4 members (excludes halogenated alkanes) is 25. The number of esters is 2. The van der Waals surface area contributed by atoms with Crippen LogP contribution in [0.5, 0.6) is 0 Å². The number of allylic oxidation sites excluding steroid dienone is 12. The van der Waals surface area contributed by atoms with Crippen LogP contribution in [0.1, 0.15) is 252 Å². The van der Waals surface area contributed by atoms with Crippen LogP contribution in [0.2, 0.25) is 0 Å². The predicted octanol–water partition coefficient (Wildman–Crippen LogP) is 17.9. The van der Waals surface area contributed by atoms with E-state index in [4.69, 9.17) is 14.2 Å². The van der Waals surface area contributed by atoms with Crippen LogP contribution in [0.4, 0.5) is 0 Å². The van der Waals surface area contributed by atoms with E-state index in [1.54, 1.807) is 0 Å². The highest BCUT2D eigenvalue weighted by Crippen LogP contribution is 2.15. The Kier molecular flexibility index (Phi) is 50.4. The molecule has 0 aliphatic heterocycles. The van der Waals surface area contributed by atoms with Gasteiger partial charge in [-0.3, -0.25) is 9.59 Å². The van der Waals surface area contributed by atoms with Crippen LogP contribution in [-0.4, -0.2) is 37.9 Å². The molecule has 0 bridgehead atoms. The van der Waals surface area contributed by atoms with E-state index in [1.165, 1.54) is 135 Å². The van der Waals surface area contributed by atoms with Crippen molar-refractivity contribution >= 4 is 11.9 Å². The molecule has 62 heavy (non-hydrogen) atoms. The van der Waals surface area contributed by atoms with E-state index in [9.17, 15) is 9.59 Å². The standard InChI is InChI=1S/C57H100O5/c1-4-7-10-13-16-19-22-25-26-27-28-29-30-31-34-37-40-43-46-49-52-60-53-55(62-57(59)51-48-45-42-39-36-33-24-21-18-15-12-9-6-3)54-61-56(58)50-47-44-41-38-35-32-23-20-17-14-11-8-5-2/h8,11,16-17,19-20,25-26,28-29,32,35,55H,4-7,9-10,12-15,18,21-24,27,30-31,33-34,36-54H2,1-3H3/b11-8-,19-16-,20-17-,26-25-,29-28-,35-32-. The fraction of sp³-hybridized carbons (Fsp3) is 0.754. The molecule has 0 aromatic rings. The Balaban J connectivity index is 4.29. The van der Waals surface area contributed by atoms with Crippen LogP contribution in [0.3, 0.4) is 0 Å². The Bertz CT molecular complexity index is 1110. The molecule has 1 atom stereocenters. The summed E-state index contributed by atoms with van der Waals surface area (Å²) in [4.78, 5) is 25.4. The monoisotopic (exact) mass is 865 g/mol. The van der Waals surface area contributed by atoms with Crippen LogP contribution in [0.25, 0.3) is 0 Å². The third-order valence-corrected chi connectivity index (χ3v) is 11.2. The molecular weight excluding hydrogens is 765 g/mol. The van der Waals surface area contributed by atoms with Crippen LogP contribution in [-0.2, 0) is 23.8 Å². The summed E-state index contributed by atoms with van der Waals surface area (Å²) < 4.78 is 17.4. The van der Waals surface area contributed by atoms with Gasteiger partial charge in [0.05, 0.1) is 6.61 Å². The van der Waals surface area contributed by atoms with Crippen molar-refractivity contribution in [2.75, 3.05) is 19.8 Å². The summed E-state index contributed by atoms with van der Waals surface area (Å²) in [5, 5.41) is 0. The van der Waals surface area contributed by atoms with Gasteiger partial charge < -0.3 is 14.2 Å². The highest BCUT2D eigenvalue weighted by atomic mass is 16.6. The molecule has 0 aliphatic rings. The first kappa shape index (κ1) is 59.3. The van der Waals surface area contributed by atoms with Crippen molar-refractivity contribution in [3.8, 4) is 0 Å². The first-order valence-electron chi connectivity index (χ1n) is 26.5. The van der Waals surface area contributed by atoms with E-state index in [1.807, 2.05) is 0 Å². The lowest BCUT2D eigenvalue weighted by atomic mass is 10.0. The Morgan fingerprint density at radius 1 is 0.371 bits per heavy atom. The van der Waals surface area contributed by atoms with E-state index in [0.29, 0.717) is 19.4 Å². The Morgan fingerprint density at radius 3 is 1.21 bits per heavy atom. The molecule has 5 heteroatoms. The van der Waals surface area contributed by atoms with Gasteiger partial charge in [-0.2, -0.15) is 0 Å². The highest BCUT2D eigenvalue weighted by molar-refractivity contribution is 5.70. The molecule has 0 fully saturated rings. The number of ether oxygens (including phenoxy) is 3. The second-order valence-electron chi connectivity index (χ2n) is 17.4. The van der Waals surface area contributed by atoms with E-state index in [-0.39, 0.29) is 25.2 Å². The van der Waals surface area contributed by atoms with E-state index >= 15 is 0 Å². The molecular formula is C57H100O5. The average Bonchev–Trinajstić information content (AvgIpc) is 3.27. The Labute approximate surface area is 385 Å². The summed E-state index contributed by atoms with van der Waals surface area (Å²) in [6.45, 7) is 7.65. The van der Waals surface area contributed by atoms with Crippen LogP contribution in [0.15, 0.2) is 72.9 Å². The van der Waals surface area contributed by atoms with E-state index < -0.39 is 6.10 Å². The maximum Gasteiger partial charge on any atom is 0.306 e. The van der Waals surface area contributed by atoms with Crippen molar-refractivity contribution in [2.24, 2.45) is 0 Å². The largest absolute Gasteiger partial charge is 0.462 e. The third-order valence-electron chi connectivity index (χ3n) is 11.2. The highest BCUT2D eigenvalue weighted by Gasteiger charge is 2.17. The lowest BCUT2D eigenvalue weighted by molar-refractivity contribution is -0.163. The van der Waals surface area contributed by atoms with Crippen molar-refractivity contribution in [2.45, 2.75) is 258 Å². The SMILES string of the molecule is CC/C=C\C/C=C\C/C=C\CCCCCC(=O)OCC(COCCCCCCCCC/C=C\C/C=C\C/C=C\CCCCC)OC(=O)CCCCCCCCCCCCCCC. The number of carbonyl (C=O) groups is 2. The van der Waals surface area contributed by atoms with Gasteiger partial charge in [-0.05, 0) is 89.9 Å². The van der Waals surface area contributed by atoms with Gasteiger partial charge in [0, 0.05) is 19.4 Å². The third kappa shape index (κ3) is 50.0. The zero-order chi connectivity index (χ0) is 44.9. The molecule has 0 saturated heterocycles. The molecule has 0 radical (unpaired) electrons. The maximum absolute atomic E-state index is 12.8. The van der Waals surface area contributed by atoms with Gasteiger partial charge in [-0.25, -0.2) is 0 Å². The predicted molar refractivity (Wildman–Crippen MR) is 270 cm³/mol. The van der Waals surface area contributed by atoms with Gasteiger partial charge in [-0.1, -0.05) is 222 Å². The number of hydrogen-bond donors (Lipinski definition) is 0. The lowest BCUT2D eigenvalue weighted by Crippen LogP contribution is -2.30. The molecule has 5 nitrogen and oxygen atoms in total. The quantitative estimate of drug-likeness (QED) is 0.0346. The number of hydrogen-bond acceptors (Lipinski definition) is 5. The summed E-state index contributed by atoms with van der Waals surface area (Å²) in [7, 11) is 0. The summed E-state index contributed by atoms with van der Waals surface area (Å²) in [6, 6.07) is 0. The minimum atomic E-state index is -0.553. The molecule has 0 spiro atoms. The second-order valence-corrected chi connectivity index (χ2v) is 17.4. The maximum atomic E-state index is 12.8. The molecule has 0 aliphatic carbocycles. The van der Waals surface area contributed by atoms with E-state index in [2.05, 4.69) is 93.7 Å². The van der Waals surface area contributed by atoms with E-state index in [0.717, 1.165) is 83.5 Å². The van der Waals surface area contributed by atoms with Crippen LogP contribution < -0.4 is 0 Å². The molecule has 0 N–H and O–H groups in total. The zero-order valence-corrected chi connectivity index (χ0v) is 41.1. The van der Waals surface area contributed by atoms with Crippen LogP contribution in [0, 0.1) is 0 Å². The summed E-state index contributed by atoms with van der Waals surface area (Å²) in [5.74, 6) is -0.432. The lowest BCUT2D eigenvalue weighted by Gasteiger charge is -2.18. The molecule has 0 rings (SSSR count). The fourth-order valence-electron chi connectivity index (χ4n) is 7.30. The average molecular weight is 865 g/mol. The molecule has 358 valence electrons.